The molecule has 3 nitrogen and oxygen atoms in total. The summed E-state index contributed by atoms with van der Waals surface area (Å²) >= 11 is 0. The predicted octanol–water partition coefficient (Wildman–Crippen LogP) is 1.78. The van der Waals surface area contributed by atoms with E-state index in [9.17, 15) is 0 Å². The SMILES string of the molecule is CCN(CC)CCN(C)C1CCCCC1CN. The Morgan fingerprint density at radius 3 is 2.29 bits per heavy atom. The lowest BCUT2D eigenvalue weighted by Crippen LogP contribution is -2.45. The highest BCUT2D eigenvalue weighted by molar-refractivity contribution is 4.82. The van der Waals surface area contributed by atoms with E-state index in [2.05, 4.69) is 30.7 Å². The van der Waals surface area contributed by atoms with Gasteiger partial charge in [-0.25, -0.2) is 0 Å². The van der Waals surface area contributed by atoms with Crippen molar-refractivity contribution in [3.63, 3.8) is 0 Å². The lowest BCUT2D eigenvalue weighted by atomic mass is 9.84. The quantitative estimate of drug-likeness (QED) is 0.737. The van der Waals surface area contributed by atoms with E-state index in [1.54, 1.807) is 0 Å². The Balaban J connectivity index is 2.36. The van der Waals surface area contributed by atoms with Gasteiger partial charge in [-0.2, -0.15) is 0 Å². The van der Waals surface area contributed by atoms with Crippen LogP contribution in [0.1, 0.15) is 39.5 Å². The van der Waals surface area contributed by atoms with Gasteiger partial charge in [0, 0.05) is 19.1 Å². The first-order valence-corrected chi connectivity index (χ1v) is 7.35. The van der Waals surface area contributed by atoms with Gasteiger partial charge in [-0.05, 0) is 45.4 Å². The lowest BCUT2D eigenvalue weighted by molar-refractivity contribution is 0.119. The number of hydrogen-bond donors (Lipinski definition) is 1. The first-order valence-electron chi connectivity index (χ1n) is 7.35. The molecule has 1 aliphatic rings. The number of rotatable bonds is 7. The summed E-state index contributed by atoms with van der Waals surface area (Å²) in [5.74, 6) is 0.727. The van der Waals surface area contributed by atoms with E-state index in [1.165, 1.54) is 38.8 Å². The van der Waals surface area contributed by atoms with Crippen molar-refractivity contribution in [1.29, 1.82) is 0 Å². The molecule has 1 saturated carbocycles. The molecule has 0 radical (unpaired) electrons. The van der Waals surface area contributed by atoms with Crippen LogP contribution in [-0.4, -0.2) is 55.6 Å². The average Bonchev–Trinajstić information content (AvgIpc) is 2.39. The van der Waals surface area contributed by atoms with Gasteiger partial charge in [0.2, 0.25) is 0 Å². The van der Waals surface area contributed by atoms with Crippen LogP contribution < -0.4 is 5.73 Å². The van der Waals surface area contributed by atoms with Gasteiger partial charge in [0.15, 0.2) is 0 Å². The molecule has 0 aromatic rings. The molecule has 102 valence electrons. The molecule has 0 aliphatic heterocycles. The highest BCUT2D eigenvalue weighted by Gasteiger charge is 2.26. The van der Waals surface area contributed by atoms with Crippen LogP contribution in [0.3, 0.4) is 0 Å². The fourth-order valence-corrected chi connectivity index (χ4v) is 3.05. The highest BCUT2D eigenvalue weighted by atomic mass is 15.2. The monoisotopic (exact) mass is 241 g/mol. The van der Waals surface area contributed by atoms with Gasteiger partial charge in [0.1, 0.15) is 0 Å². The van der Waals surface area contributed by atoms with Gasteiger partial charge in [0.25, 0.3) is 0 Å². The van der Waals surface area contributed by atoms with Crippen molar-refractivity contribution >= 4 is 0 Å². The number of nitrogens with zero attached hydrogens (tertiary/aromatic N) is 2. The van der Waals surface area contributed by atoms with Crippen molar-refractivity contribution in [3.8, 4) is 0 Å². The summed E-state index contributed by atoms with van der Waals surface area (Å²) < 4.78 is 0. The molecule has 1 fully saturated rings. The van der Waals surface area contributed by atoms with E-state index in [4.69, 9.17) is 5.73 Å². The summed E-state index contributed by atoms with van der Waals surface area (Å²) in [6.07, 6.45) is 5.44. The van der Waals surface area contributed by atoms with Gasteiger partial charge in [-0.15, -0.1) is 0 Å². The maximum atomic E-state index is 5.90. The highest BCUT2D eigenvalue weighted by Crippen LogP contribution is 2.26. The number of hydrogen-bond acceptors (Lipinski definition) is 3. The van der Waals surface area contributed by atoms with Crippen LogP contribution in [0.5, 0.6) is 0 Å². The van der Waals surface area contributed by atoms with E-state index < -0.39 is 0 Å². The van der Waals surface area contributed by atoms with Gasteiger partial charge in [-0.1, -0.05) is 26.7 Å². The van der Waals surface area contributed by atoms with Crippen LogP contribution >= 0.6 is 0 Å². The minimum Gasteiger partial charge on any atom is -0.330 e. The number of nitrogens with two attached hydrogens (primary N) is 1. The van der Waals surface area contributed by atoms with Crippen LogP contribution in [0.2, 0.25) is 0 Å². The Hall–Kier alpha value is -0.120. The van der Waals surface area contributed by atoms with Crippen LogP contribution in [0.15, 0.2) is 0 Å². The maximum absolute atomic E-state index is 5.90. The molecule has 0 aromatic carbocycles. The largest absolute Gasteiger partial charge is 0.330 e. The lowest BCUT2D eigenvalue weighted by Gasteiger charge is -2.38. The van der Waals surface area contributed by atoms with E-state index in [1.807, 2.05) is 0 Å². The fourth-order valence-electron chi connectivity index (χ4n) is 3.05. The molecule has 0 amide bonds. The summed E-state index contributed by atoms with van der Waals surface area (Å²) in [4.78, 5) is 5.05. The molecule has 1 rings (SSSR count). The summed E-state index contributed by atoms with van der Waals surface area (Å²) in [5, 5.41) is 0. The van der Waals surface area contributed by atoms with Crippen LogP contribution in [0.4, 0.5) is 0 Å². The standard InChI is InChI=1S/C14H31N3/c1-4-17(5-2)11-10-16(3)14-9-7-6-8-13(14)12-15/h13-14H,4-12,15H2,1-3H3. The van der Waals surface area contributed by atoms with Crippen LogP contribution in [0, 0.1) is 5.92 Å². The van der Waals surface area contributed by atoms with Crippen molar-refractivity contribution in [3.05, 3.63) is 0 Å². The second-order valence-corrected chi connectivity index (χ2v) is 5.36. The maximum Gasteiger partial charge on any atom is 0.0133 e. The first kappa shape index (κ1) is 14.9. The molecular weight excluding hydrogens is 210 g/mol. The summed E-state index contributed by atoms with van der Waals surface area (Å²) in [6, 6.07) is 0.726. The van der Waals surface area contributed by atoms with Gasteiger partial charge < -0.3 is 15.5 Å². The zero-order chi connectivity index (χ0) is 12.7. The average molecular weight is 241 g/mol. The third kappa shape index (κ3) is 4.57. The predicted molar refractivity (Wildman–Crippen MR) is 75.2 cm³/mol. The van der Waals surface area contributed by atoms with E-state index in [0.717, 1.165) is 31.6 Å². The molecule has 0 spiro atoms. The van der Waals surface area contributed by atoms with Crippen molar-refractivity contribution in [2.45, 2.75) is 45.6 Å². The zero-order valence-electron chi connectivity index (χ0n) is 12.0. The molecule has 2 atom stereocenters. The Morgan fingerprint density at radius 2 is 1.71 bits per heavy atom. The Morgan fingerprint density at radius 1 is 1.06 bits per heavy atom. The smallest absolute Gasteiger partial charge is 0.0133 e. The molecule has 0 aromatic heterocycles. The first-order chi connectivity index (χ1) is 8.22. The second kappa shape index (κ2) is 8.06. The van der Waals surface area contributed by atoms with Crippen molar-refractivity contribution in [2.75, 3.05) is 39.8 Å². The normalized spacial score (nSPS) is 25.8. The van der Waals surface area contributed by atoms with Crippen molar-refractivity contribution < 1.29 is 0 Å². The van der Waals surface area contributed by atoms with Crippen LogP contribution in [-0.2, 0) is 0 Å². The van der Waals surface area contributed by atoms with Crippen molar-refractivity contribution in [2.24, 2.45) is 11.7 Å². The Kier molecular flexibility index (Phi) is 7.09. The summed E-state index contributed by atoms with van der Waals surface area (Å²) in [6.45, 7) is 10.0. The molecule has 0 bridgehead atoms. The number of likely N-dealkylation sites (N-methyl/N-ethyl adjacent to an activating group) is 2. The van der Waals surface area contributed by atoms with E-state index in [0.29, 0.717) is 0 Å². The minimum atomic E-state index is 0.726. The molecular formula is C14H31N3. The molecule has 0 saturated heterocycles. The zero-order valence-corrected chi connectivity index (χ0v) is 12.0. The summed E-state index contributed by atoms with van der Waals surface area (Å²) in [7, 11) is 2.28. The topological polar surface area (TPSA) is 32.5 Å². The molecule has 3 heteroatoms. The fraction of sp³-hybridized carbons (Fsp3) is 1.00. The van der Waals surface area contributed by atoms with Crippen LogP contribution in [0.25, 0.3) is 0 Å². The third-order valence-corrected chi connectivity index (χ3v) is 4.40. The van der Waals surface area contributed by atoms with E-state index >= 15 is 0 Å². The Bertz CT molecular complexity index is 192. The Labute approximate surface area is 107 Å². The second-order valence-electron chi connectivity index (χ2n) is 5.36. The molecule has 2 N–H and O–H groups in total. The molecule has 2 unspecified atom stereocenters. The minimum absolute atomic E-state index is 0.726. The molecule has 1 aliphatic carbocycles. The molecule has 0 heterocycles. The third-order valence-electron chi connectivity index (χ3n) is 4.40. The van der Waals surface area contributed by atoms with Gasteiger partial charge in [-0.3, -0.25) is 0 Å². The molecule has 17 heavy (non-hydrogen) atoms. The summed E-state index contributed by atoms with van der Waals surface area (Å²) in [5.41, 5.74) is 5.90. The van der Waals surface area contributed by atoms with E-state index in [-0.39, 0.29) is 0 Å². The van der Waals surface area contributed by atoms with Crippen molar-refractivity contribution in [1.82, 2.24) is 9.80 Å². The van der Waals surface area contributed by atoms with Gasteiger partial charge >= 0.3 is 0 Å². The van der Waals surface area contributed by atoms with Gasteiger partial charge in [0.05, 0.1) is 0 Å².